The average molecular weight is 227 g/mol. The van der Waals surface area contributed by atoms with Crippen LogP contribution in [0.3, 0.4) is 0 Å². The van der Waals surface area contributed by atoms with Crippen LogP contribution in [0.15, 0.2) is 0 Å². The summed E-state index contributed by atoms with van der Waals surface area (Å²) in [5.74, 6) is 0.133. The molecule has 0 bridgehead atoms. The SMILES string of the molecule is COC1CCCCC1CS(=O)(=O)Cl. The molecule has 3 nitrogen and oxygen atoms in total. The van der Waals surface area contributed by atoms with Crippen LogP contribution in [0.2, 0.25) is 0 Å². The predicted octanol–water partition coefficient (Wildman–Crippen LogP) is 1.76. The Balaban J connectivity index is 2.55. The fourth-order valence-electron chi connectivity index (χ4n) is 1.93. The molecule has 1 fully saturated rings. The summed E-state index contributed by atoms with van der Waals surface area (Å²) in [7, 11) is 3.46. The summed E-state index contributed by atoms with van der Waals surface area (Å²) >= 11 is 0. The van der Waals surface area contributed by atoms with Gasteiger partial charge in [-0.25, -0.2) is 8.42 Å². The third-order valence-electron chi connectivity index (χ3n) is 2.56. The van der Waals surface area contributed by atoms with Gasteiger partial charge >= 0.3 is 0 Å². The molecule has 2 atom stereocenters. The predicted molar refractivity (Wildman–Crippen MR) is 52.4 cm³/mol. The summed E-state index contributed by atoms with van der Waals surface area (Å²) in [6.07, 6.45) is 4.13. The Morgan fingerprint density at radius 2 is 2.00 bits per heavy atom. The fraction of sp³-hybridized carbons (Fsp3) is 1.00. The van der Waals surface area contributed by atoms with Crippen molar-refractivity contribution in [1.29, 1.82) is 0 Å². The molecule has 0 amide bonds. The van der Waals surface area contributed by atoms with Gasteiger partial charge in [-0.3, -0.25) is 0 Å². The zero-order valence-corrected chi connectivity index (χ0v) is 9.27. The lowest BCUT2D eigenvalue weighted by molar-refractivity contribution is 0.0323. The van der Waals surface area contributed by atoms with E-state index in [1.165, 1.54) is 0 Å². The molecular formula is C8H15ClO3S. The van der Waals surface area contributed by atoms with Crippen molar-refractivity contribution in [3.63, 3.8) is 0 Å². The normalized spacial score (nSPS) is 30.3. The fourth-order valence-corrected chi connectivity index (χ4v) is 3.31. The van der Waals surface area contributed by atoms with E-state index in [1.54, 1.807) is 7.11 Å². The Morgan fingerprint density at radius 3 is 2.54 bits per heavy atom. The van der Waals surface area contributed by atoms with E-state index in [0.717, 1.165) is 25.7 Å². The largest absolute Gasteiger partial charge is 0.381 e. The lowest BCUT2D eigenvalue weighted by atomic mass is 9.88. The minimum Gasteiger partial charge on any atom is -0.381 e. The minimum atomic E-state index is -3.37. The summed E-state index contributed by atoms with van der Waals surface area (Å²) in [5, 5.41) is 0. The summed E-state index contributed by atoms with van der Waals surface area (Å²) in [6.45, 7) is 0. The summed E-state index contributed by atoms with van der Waals surface area (Å²) in [4.78, 5) is 0. The maximum atomic E-state index is 10.9. The zero-order chi connectivity index (χ0) is 9.90. The number of rotatable bonds is 3. The van der Waals surface area contributed by atoms with Crippen molar-refractivity contribution in [2.75, 3.05) is 12.9 Å². The van der Waals surface area contributed by atoms with Crippen molar-refractivity contribution in [3.8, 4) is 0 Å². The lowest BCUT2D eigenvalue weighted by Crippen LogP contribution is -2.31. The van der Waals surface area contributed by atoms with Gasteiger partial charge in [-0.05, 0) is 12.8 Å². The molecule has 0 aromatic rings. The van der Waals surface area contributed by atoms with E-state index in [-0.39, 0.29) is 17.8 Å². The van der Waals surface area contributed by atoms with Crippen molar-refractivity contribution in [3.05, 3.63) is 0 Å². The highest BCUT2D eigenvalue weighted by molar-refractivity contribution is 8.13. The molecule has 0 saturated heterocycles. The van der Waals surface area contributed by atoms with Gasteiger partial charge in [-0.2, -0.15) is 0 Å². The van der Waals surface area contributed by atoms with Gasteiger partial charge < -0.3 is 4.74 Å². The highest BCUT2D eigenvalue weighted by Gasteiger charge is 2.28. The van der Waals surface area contributed by atoms with Crippen LogP contribution >= 0.6 is 10.7 Å². The minimum absolute atomic E-state index is 0.0487. The number of hydrogen-bond donors (Lipinski definition) is 0. The van der Waals surface area contributed by atoms with E-state index >= 15 is 0 Å². The Morgan fingerprint density at radius 1 is 1.38 bits per heavy atom. The highest BCUT2D eigenvalue weighted by Crippen LogP contribution is 2.28. The molecule has 0 heterocycles. The summed E-state index contributed by atoms with van der Waals surface area (Å²) < 4.78 is 27.0. The zero-order valence-electron chi connectivity index (χ0n) is 7.70. The monoisotopic (exact) mass is 226 g/mol. The molecule has 5 heteroatoms. The van der Waals surface area contributed by atoms with Gasteiger partial charge in [0.1, 0.15) is 0 Å². The molecular weight excluding hydrogens is 212 g/mol. The third kappa shape index (κ3) is 3.83. The van der Waals surface area contributed by atoms with Crippen LogP contribution in [0.5, 0.6) is 0 Å². The number of methoxy groups -OCH3 is 1. The van der Waals surface area contributed by atoms with Crippen LogP contribution in [0.1, 0.15) is 25.7 Å². The molecule has 0 aromatic carbocycles. The third-order valence-corrected chi connectivity index (χ3v) is 3.76. The molecule has 13 heavy (non-hydrogen) atoms. The highest BCUT2D eigenvalue weighted by atomic mass is 35.7. The standard InChI is InChI=1S/C8H15ClO3S/c1-12-8-5-3-2-4-7(8)6-13(9,10)11/h7-8H,2-6H2,1H3. The molecule has 0 aliphatic heterocycles. The van der Waals surface area contributed by atoms with E-state index in [2.05, 4.69) is 0 Å². The molecule has 0 aromatic heterocycles. The molecule has 0 radical (unpaired) electrons. The van der Waals surface area contributed by atoms with Crippen molar-refractivity contribution >= 4 is 19.7 Å². The number of hydrogen-bond acceptors (Lipinski definition) is 3. The van der Waals surface area contributed by atoms with Crippen LogP contribution in [0.25, 0.3) is 0 Å². The smallest absolute Gasteiger partial charge is 0.232 e. The molecule has 0 N–H and O–H groups in total. The van der Waals surface area contributed by atoms with E-state index in [0.29, 0.717) is 0 Å². The van der Waals surface area contributed by atoms with Crippen LogP contribution < -0.4 is 0 Å². The van der Waals surface area contributed by atoms with E-state index in [1.807, 2.05) is 0 Å². The number of halogens is 1. The van der Waals surface area contributed by atoms with Gasteiger partial charge in [0.15, 0.2) is 0 Å². The summed E-state index contributed by atoms with van der Waals surface area (Å²) in [5.41, 5.74) is 0. The Kier molecular flexibility index (Phi) is 4.01. The topological polar surface area (TPSA) is 43.4 Å². The second-order valence-corrected chi connectivity index (χ2v) is 6.35. The van der Waals surface area contributed by atoms with Gasteiger partial charge in [-0.15, -0.1) is 0 Å². The molecule has 0 spiro atoms. The number of ether oxygens (including phenoxy) is 1. The first-order valence-electron chi connectivity index (χ1n) is 4.48. The van der Waals surface area contributed by atoms with Crippen molar-refractivity contribution in [2.24, 2.45) is 5.92 Å². The molecule has 78 valence electrons. The van der Waals surface area contributed by atoms with E-state index in [9.17, 15) is 8.42 Å². The quantitative estimate of drug-likeness (QED) is 0.689. The maximum absolute atomic E-state index is 10.9. The van der Waals surface area contributed by atoms with Gasteiger partial charge in [0.2, 0.25) is 9.05 Å². The van der Waals surface area contributed by atoms with Crippen LogP contribution in [0, 0.1) is 5.92 Å². The van der Waals surface area contributed by atoms with Gasteiger partial charge in [0.05, 0.1) is 11.9 Å². The first-order chi connectivity index (χ1) is 6.03. The first-order valence-corrected chi connectivity index (χ1v) is 6.96. The van der Waals surface area contributed by atoms with Crippen molar-refractivity contribution in [2.45, 2.75) is 31.8 Å². The Labute approximate surface area is 83.8 Å². The second-order valence-electron chi connectivity index (χ2n) is 3.52. The molecule has 1 rings (SSSR count). The van der Waals surface area contributed by atoms with Gasteiger partial charge in [-0.1, -0.05) is 12.8 Å². The molecule has 1 aliphatic rings. The summed E-state index contributed by atoms with van der Waals surface area (Å²) in [6, 6.07) is 0. The van der Waals surface area contributed by atoms with Crippen LogP contribution in [-0.2, 0) is 13.8 Å². The first kappa shape index (κ1) is 11.3. The molecule has 1 aliphatic carbocycles. The molecule has 1 saturated carbocycles. The van der Waals surface area contributed by atoms with Gasteiger partial charge in [0, 0.05) is 23.7 Å². The van der Waals surface area contributed by atoms with Crippen molar-refractivity contribution in [1.82, 2.24) is 0 Å². The van der Waals surface area contributed by atoms with Crippen LogP contribution in [0.4, 0.5) is 0 Å². The van der Waals surface area contributed by atoms with Gasteiger partial charge in [0.25, 0.3) is 0 Å². The maximum Gasteiger partial charge on any atom is 0.232 e. The Hall–Kier alpha value is 0.200. The van der Waals surface area contributed by atoms with E-state index in [4.69, 9.17) is 15.4 Å². The second kappa shape index (κ2) is 4.62. The van der Waals surface area contributed by atoms with Crippen molar-refractivity contribution < 1.29 is 13.2 Å². The molecule has 2 unspecified atom stereocenters. The van der Waals surface area contributed by atoms with E-state index < -0.39 is 9.05 Å². The lowest BCUT2D eigenvalue weighted by Gasteiger charge is -2.29. The average Bonchev–Trinajstić information content (AvgIpc) is 2.02. The van der Waals surface area contributed by atoms with Crippen LogP contribution in [-0.4, -0.2) is 27.4 Å². The Bertz CT molecular complexity index is 250.